The van der Waals surface area contributed by atoms with Crippen molar-refractivity contribution in [1.29, 1.82) is 0 Å². The fraction of sp³-hybridized carbons (Fsp3) is 0.333. The second-order valence-electron chi connectivity index (χ2n) is 8.44. The Labute approximate surface area is 204 Å². The summed E-state index contributed by atoms with van der Waals surface area (Å²) in [6.07, 6.45) is 2.32. The number of rotatable bonds is 5. The summed E-state index contributed by atoms with van der Waals surface area (Å²) in [6, 6.07) is 11.1. The van der Waals surface area contributed by atoms with Crippen molar-refractivity contribution in [2.45, 2.75) is 26.2 Å². The minimum Gasteiger partial charge on any atom is -0.452 e. The van der Waals surface area contributed by atoms with Gasteiger partial charge in [0.05, 0.1) is 33.8 Å². The Morgan fingerprint density at radius 3 is 2.64 bits per heavy atom. The van der Waals surface area contributed by atoms with Crippen molar-refractivity contribution in [3.05, 3.63) is 57.5 Å². The predicted octanol–water partition coefficient (Wildman–Crippen LogP) is 4.82. The Hall–Kier alpha value is -2.71. The summed E-state index contributed by atoms with van der Waals surface area (Å²) in [5.74, 6) is -1.90. The van der Waals surface area contributed by atoms with E-state index >= 15 is 0 Å². The summed E-state index contributed by atoms with van der Waals surface area (Å²) in [6.45, 7) is 1.58. The Bertz CT molecular complexity index is 1140. The van der Waals surface area contributed by atoms with Crippen LogP contribution in [0.3, 0.4) is 0 Å². The van der Waals surface area contributed by atoms with Crippen LogP contribution in [0.15, 0.2) is 46.9 Å². The zero-order valence-corrected chi connectivity index (χ0v) is 20.2. The number of benzene rings is 2. The minimum atomic E-state index is -0.737. The number of esters is 1. The number of fused-ring (bicyclic) bond motifs is 1. The van der Waals surface area contributed by atoms with E-state index in [1.54, 1.807) is 30.3 Å². The topological polar surface area (TPSA) is 92.8 Å². The van der Waals surface area contributed by atoms with Crippen LogP contribution in [0.1, 0.15) is 36.5 Å². The van der Waals surface area contributed by atoms with Crippen LogP contribution in [0.5, 0.6) is 0 Å². The second-order valence-corrected chi connectivity index (χ2v) is 9.76. The van der Waals surface area contributed by atoms with E-state index in [4.69, 9.17) is 16.3 Å². The van der Waals surface area contributed by atoms with Gasteiger partial charge in [-0.25, -0.2) is 4.79 Å². The lowest BCUT2D eigenvalue weighted by Crippen LogP contribution is -2.31. The number of ether oxygens (including phenoxy) is 1. The van der Waals surface area contributed by atoms with Crippen LogP contribution < -0.4 is 10.2 Å². The van der Waals surface area contributed by atoms with Crippen molar-refractivity contribution in [2.75, 3.05) is 16.8 Å². The Morgan fingerprint density at radius 2 is 1.88 bits per heavy atom. The summed E-state index contributed by atoms with van der Waals surface area (Å²) >= 11 is 9.36. The third-order valence-corrected chi connectivity index (χ3v) is 6.87. The molecule has 2 fully saturated rings. The monoisotopic (exact) mass is 532 g/mol. The van der Waals surface area contributed by atoms with Crippen molar-refractivity contribution >= 4 is 62.6 Å². The molecule has 1 aliphatic carbocycles. The number of carbonyl (C=O) groups excluding carboxylic acids is 4. The number of hydrogen-bond acceptors (Lipinski definition) is 5. The van der Waals surface area contributed by atoms with E-state index in [1.807, 2.05) is 0 Å². The van der Waals surface area contributed by atoms with Gasteiger partial charge in [-0.15, -0.1) is 0 Å². The molecule has 0 bridgehead atoms. The van der Waals surface area contributed by atoms with Crippen LogP contribution in [-0.2, 0) is 19.1 Å². The van der Waals surface area contributed by atoms with Gasteiger partial charge in [0, 0.05) is 4.47 Å². The largest absolute Gasteiger partial charge is 0.452 e. The summed E-state index contributed by atoms with van der Waals surface area (Å²) in [5.41, 5.74) is 0.878. The highest BCUT2D eigenvalue weighted by molar-refractivity contribution is 9.10. The molecule has 0 spiro atoms. The van der Waals surface area contributed by atoms with Gasteiger partial charge < -0.3 is 10.1 Å². The molecule has 1 N–H and O–H groups in total. The number of amides is 3. The molecule has 0 aromatic heterocycles. The zero-order valence-electron chi connectivity index (χ0n) is 17.8. The first-order chi connectivity index (χ1) is 15.7. The normalized spacial score (nSPS) is 22.2. The molecule has 172 valence electrons. The van der Waals surface area contributed by atoms with Gasteiger partial charge in [0.1, 0.15) is 0 Å². The third-order valence-electron chi connectivity index (χ3n) is 6.07. The molecule has 4 rings (SSSR count). The molecule has 7 nitrogen and oxygen atoms in total. The van der Waals surface area contributed by atoms with E-state index in [-0.39, 0.29) is 29.2 Å². The van der Waals surface area contributed by atoms with Crippen molar-refractivity contribution in [3.63, 3.8) is 0 Å². The maximum absolute atomic E-state index is 12.9. The molecule has 33 heavy (non-hydrogen) atoms. The smallest absolute Gasteiger partial charge is 0.338 e. The number of imide groups is 1. The Kier molecular flexibility index (Phi) is 6.86. The molecule has 1 aliphatic heterocycles. The number of nitrogens with zero attached hydrogens (tertiary/aromatic N) is 1. The van der Waals surface area contributed by atoms with Gasteiger partial charge in [0.15, 0.2) is 6.61 Å². The highest BCUT2D eigenvalue weighted by Gasteiger charge is 2.50. The van der Waals surface area contributed by atoms with E-state index in [0.717, 1.165) is 10.9 Å². The average Bonchev–Trinajstić information content (AvgIpc) is 3.03. The van der Waals surface area contributed by atoms with Crippen LogP contribution in [0.4, 0.5) is 11.4 Å². The fourth-order valence-electron chi connectivity index (χ4n) is 4.41. The molecule has 1 saturated heterocycles. The van der Waals surface area contributed by atoms with Crippen LogP contribution in [0, 0.1) is 17.8 Å². The van der Waals surface area contributed by atoms with Crippen LogP contribution >= 0.6 is 27.5 Å². The van der Waals surface area contributed by atoms with Gasteiger partial charge in [0.25, 0.3) is 5.91 Å². The number of hydrogen-bond donors (Lipinski definition) is 1. The van der Waals surface area contributed by atoms with Gasteiger partial charge in [-0.2, -0.15) is 0 Å². The number of carbonyl (C=O) groups is 4. The third kappa shape index (κ3) is 4.96. The lowest BCUT2D eigenvalue weighted by molar-refractivity contribution is -0.122. The van der Waals surface area contributed by atoms with Gasteiger partial charge in [-0.1, -0.05) is 40.5 Å². The SMILES string of the molecule is C[C@@H]1CC[C@@H]2C(=O)N(c3cccc(C(=O)OCC(=O)Nc4ccc(Br)cc4Cl)c3)C(=O)[C@H]2C1. The molecule has 0 unspecified atom stereocenters. The van der Waals surface area contributed by atoms with Gasteiger partial charge in [0.2, 0.25) is 11.8 Å². The van der Waals surface area contributed by atoms with Crippen molar-refractivity contribution in [2.24, 2.45) is 17.8 Å². The van der Waals surface area contributed by atoms with Gasteiger partial charge >= 0.3 is 5.97 Å². The van der Waals surface area contributed by atoms with E-state index in [0.29, 0.717) is 35.2 Å². The first-order valence-electron chi connectivity index (χ1n) is 10.6. The van der Waals surface area contributed by atoms with E-state index < -0.39 is 18.5 Å². The Balaban J connectivity index is 1.41. The summed E-state index contributed by atoms with van der Waals surface area (Å²) in [5, 5.41) is 2.92. The number of anilines is 2. The maximum Gasteiger partial charge on any atom is 0.338 e. The summed E-state index contributed by atoms with van der Waals surface area (Å²) < 4.78 is 5.88. The van der Waals surface area contributed by atoms with E-state index in [9.17, 15) is 19.2 Å². The van der Waals surface area contributed by atoms with Crippen molar-refractivity contribution in [1.82, 2.24) is 0 Å². The van der Waals surface area contributed by atoms with Crippen molar-refractivity contribution in [3.8, 4) is 0 Å². The molecule has 1 heterocycles. The highest BCUT2D eigenvalue weighted by Crippen LogP contribution is 2.42. The van der Waals surface area contributed by atoms with E-state index in [2.05, 4.69) is 28.2 Å². The predicted molar refractivity (Wildman–Crippen MR) is 127 cm³/mol. The molecule has 2 aliphatic rings. The quantitative estimate of drug-likeness (QED) is 0.439. The van der Waals surface area contributed by atoms with E-state index in [1.165, 1.54) is 17.0 Å². The lowest BCUT2D eigenvalue weighted by Gasteiger charge is -2.25. The highest BCUT2D eigenvalue weighted by atomic mass is 79.9. The van der Waals surface area contributed by atoms with Crippen LogP contribution in [-0.4, -0.2) is 30.3 Å². The molecule has 3 atom stereocenters. The molecule has 1 saturated carbocycles. The molecule has 3 amide bonds. The second kappa shape index (κ2) is 9.65. The number of halogens is 2. The average molecular weight is 534 g/mol. The molecular formula is C24H22BrClN2O5. The maximum atomic E-state index is 12.9. The van der Waals surface area contributed by atoms with Crippen molar-refractivity contribution < 1.29 is 23.9 Å². The zero-order chi connectivity index (χ0) is 23.7. The first kappa shape index (κ1) is 23.4. The van der Waals surface area contributed by atoms with Gasteiger partial charge in [-0.3, -0.25) is 19.3 Å². The molecule has 2 aromatic carbocycles. The molecule has 9 heteroatoms. The first-order valence-corrected chi connectivity index (χ1v) is 11.8. The summed E-state index contributed by atoms with van der Waals surface area (Å²) in [4.78, 5) is 51.7. The standard InChI is InChI=1S/C24H22BrClN2O5/c1-13-5-7-17-18(9-13)23(31)28(22(17)30)16-4-2-3-14(10-16)24(32)33-12-21(29)27-20-8-6-15(25)11-19(20)26/h2-4,6,8,10-11,13,17-18H,5,7,9,12H2,1H3,(H,27,29)/t13-,17+,18+/m1/s1. The Morgan fingerprint density at radius 1 is 1.12 bits per heavy atom. The lowest BCUT2D eigenvalue weighted by atomic mass is 9.76. The number of nitrogens with one attached hydrogen (secondary N) is 1. The minimum absolute atomic E-state index is 0.144. The fourth-order valence-corrected chi connectivity index (χ4v) is 5.13. The molecular weight excluding hydrogens is 512 g/mol. The van der Waals surface area contributed by atoms with Crippen LogP contribution in [0.2, 0.25) is 5.02 Å². The molecule has 0 radical (unpaired) electrons. The summed E-state index contributed by atoms with van der Waals surface area (Å²) in [7, 11) is 0. The molecule has 2 aromatic rings. The van der Waals surface area contributed by atoms with Gasteiger partial charge in [-0.05, 0) is 61.6 Å². The van der Waals surface area contributed by atoms with Crippen LogP contribution in [0.25, 0.3) is 0 Å².